The molecule has 2 aliphatic heterocycles. The van der Waals surface area contributed by atoms with Gasteiger partial charge in [-0.25, -0.2) is 0 Å². The van der Waals surface area contributed by atoms with Crippen LogP contribution in [0.3, 0.4) is 0 Å². The molecule has 0 radical (unpaired) electrons. The Balaban J connectivity index is 1.40. The lowest BCUT2D eigenvalue weighted by atomic mass is 9.76. The van der Waals surface area contributed by atoms with E-state index in [9.17, 15) is 9.59 Å². The van der Waals surface area contributed by atoms with Crippen LogP contribution in [0.25, 0.3) is 0 Å². The first-order valence-electron chi connectivity index (χ1n) is 9.88. The van der Waals surface area contributed by atoms with Gasteiger partial charge < -0.3 is 9.47 Å². The van der Waals surface area contributed by atoms with E-state index in [0.717, 1.165) is 18.4 Å². The Kier molecular flexibility index (Phi) is 4.11. The summed E-state index contributed by atoms with van der Waals surface area (Å²) in [5.41, 5.74) is 1.55. The summed E-state index contributed by atoms with van der Waals surface area (Å²) in [6, 6.07) is 16.8. The molecule has 0 N–H and O–H groups in total. The molecular formula is C23H23NO4. The molecular weight excluding hydrogens is 354 g/mol. The zero-order chi connectivity index (χ0) is 19.3. The van der Waals surface area contributed by atoms with E-state index in [1.54, 1.807) is 24.3 Å². The Bertz CT molecular complexity index is 892. The highest BCUT2D eigenvalue weighted by Crippen LogP contribution is 2.46. The summed E-state index contributed by atoms with van der Waals surface area (Å²) in [6.07, 6.45) is 1.89. The molecule has 5 heteroatoms. The molecule has 3 aliphatic rings. The molecule has 0 bridgehead atoms. The molecule has 1 unspecified atom stereocenters. The third-order valence-corrected chi connectivity index (χ3v) is 6.12. The van der Waals surface area contributed by atoms with Crippen LogP contribution >= 0.6 is 0 Å². The first kappa shape index (κ1) is 17.6. The summed E-state index contributed by atoms with van der Waals surface area (Å²) in [7, 11) is 0. The standard InChI is InChI=1S/C23H23NO4/c1-15-11-17(24-20(25)18-9-5-6-10-19(18)21(24)26)13-23(12-15)14-27-22(28-23)16-7-3-2-4-8-16/h2-10,15,17,22H,11-14H2,1H3/t15-,17+,22?,23+/m0/s1. The molecule has 2 fully saturated rings. The van der Waals surface area contributed by atoms with E-state index in [-0.39, 0.29) is 17.9 Å². The maximum Gasteiger partial charge on any atom is 0.261 e. The average Bonchev–Trinajstić information content (AvgIpc) is 3.21. The Morgan fingerprint density at radius 1 is 0.929 bits per heavy atom. The zero-order valence-electron chi connectivity index (χ0n) is 15.8. The summed E-state index contributed by atoms with van der Waals surface area (Å²) in [5, 5.41) is 0. The monoisotopic (exact) mass is 377 g/mol. The SMILES string of the molecule is C[C@H]1C[C@@H](N2C(=O)c3ccccc3C2=O)C[C@@]2(COC(c3ccccc3)O2)C1. The van der Waals surface area contributed by atoms with Crippen molar-refractivity contribution in [1.82, 2.24) is 4.90 Å². The van der Waals surface area contributed by atoms with Crippen LogP contribution in [-0.2, 0) is 9.47 Å². The fraction of sp³-hybridized carbons (Fsp3) is 0.391. The van der Waals surface area contributed by atoms with Crippen molar-refractivity contribution in [2.45, 2.75) is 44.1 Å². The molecule has 0 aromatic heterocycles. The normalized spacial score (nSPS) is 32.2. The Labute approximate surface area is 164 Å². The van der Waals surface area contributed by atoms with Gasteiger partial charge in [0.05, 0.1) is 23.3 Å². The summed E-state index contributed by atoms with van der Waals surface area (Å²) in [4.78, 5) is 27.3. The van der Waals surface area contributed by atoms with Gasteiger partial charge in [-0.2, -0.15) is 0 Å². The maximum absolute atomic E-state index is 12.9. The molecule has 1 spiro atoms. The van der Waals surface area contributed by atoms with E-state index in [2.05, 4.69) is 6.92 Å². The highest BCUT2D eigenvalue weighted by Gasteiger charge is 2.51. The summed E-state index contributed by atoms with van der Waals surface area (Å²) in [6.45, 7) is 2.64. The average molecular weight is 377 g/mol. The highest BCUT2D eigenvalue weighted by atomic mass is 16.7. The molecule has 1 saturated carbocycles. The number of hydrogen-bond acceptors (Lipinski definition) is 4. The van der Waals surface area contributed by atoms with Crippen LogP contribution in [0.15, 0.2) is 54.6 Å². The van der Waals surface area contributed by atoms with Crippen molar-refractivity contribution in [2.75, 3.05) is 6.61 Å². The van der Waals surface area contributed by atoms with Gasteiger partial charge in [0, 0.05) is 11.6 Å². The van der Waals surface area contributed by atoms with Gasteiger partial charge in [-0.05, 0) is 37.3 Å². The van der Waals surface area contributed by atoms with Gasteiger partial charge in [0.2, 0.25) is 0 Å². The van der Waals surface area contributed by atoms with Crippen LogP contribution in [0.1, 0.15) is 58.8 Å². The first-order valence-corrected chi connectivity index (χ1v) is 9.88. The van der Waals surface area contributed by atoms with E-state index in [1.165, 1.54) is 4.90 Å². The summed E-state index contributed by atoms with van der Waals surface area (Å²) in [5.74, 6) is -0.0389. The van der Waals surface area contributed by atoms with Crippen LogP contribution < -0.4 is 0 Å². The molecule has 2 aromatic rings. The van der Waals surface area contributed by atoms with Crippen LogP contribution in [0, 0.1) is 5.92 Å². The topological polar surface area (TPSA) is 55.8 Å². The van der Waals surface area contributed by atoms with Gasteiger partial charge >= 0.3 is 0 Å². The predicted molar refractivity (Wildman–Crippen MR) is 103 cm³/mol. The second kappa shape index (κ2) is 6.54. The fourth-order valence-corrected chi connectivity index (χ4v) is 5.03. The van der Waals surface area contributed by atoms with Crippen molar-refractivity contribution >= 4 is 11.8 Å². The van der Waals surface area contributed by atoms with Crippen LogP contribution in [0.2, 0.25) is 0 Å². The van der Waals surface area contributed by atoms with Crippen molar-refractivity contribution in [3.8, 4) is 0 Å². The summed E-state index contributed by atoms with van der Waals surface area (Å²) >= 11 is 0. The number of imide groups is 1. The number of nitrogens with zero attached hydrogens (tertiary/aromatic N) is 1. The van der Waals surface area contributed by atoms with E-state index >= 15 is 0 Å². The number of ether oxygens (including phenoxy) is 2. The van der Waals surface area contributed by atoms with E-state index in [0.29, 0.717) is 30.1 Å². The number of benzene rings is 2. The highest BCUT2D eigenvalue weighted by molar-refractivity contribution is 6.21. The fourth-order valence-electron chi connectivity index (χ4n) is 5.03. The van der Waals surface area contributed by atoms with Crippen LogP contribution in [0.5, 0.6) is 0 Å². The smallest absolute Gasteiger partial charge is 0.261 e. The molecule has 1 saturated heterocycles. The van der Waals surface area contributed by atoms with Crippen molar-refractivity contribution in [2.24, 2.45) is 5.92 Å². The molecule has 2 heterocycles. The predicted octanol–water partition coefficient (Wildman–Crippen LogP) is 3.96. The minimum absolute atomic E-state index is 0.172. The zero-order valence-corrected chi connectivity index (χ0v) is 15.8. The van der Waals surface area contributed by atoms with Crippen LogP contribution in [-0.4, -0.2) is 35.0 Å². The molecule has 2 amide bonds. The van der Waals surface area contributed by atoms with Gasteiger partial charge in [-0.3, -0.25) is 14.5 Å². The van der Waals surface area contributed by atoms with Gasteiger partial charge in [0.25, 0.3) is 11.8 Å². The molecule has 1 aliphatic carbocycles. The number of carbonyl (C=O) groups is 2. The number of carbonyl (C=O) groups excluding carboxylic acids is 2. The Morgan fingerprint density at radius 3 is 2.25 bits per heavy atom. The van der Waals surface area contributed by atoms with Crippen molar-refractivity contribution < 1.29 is 19.1 Å². The Hall–Kier alpha value is -2.50. The van der Waals surface area contributed by atoms with Gasteiger partial charge in [-0.1, -0.05) is 49.4 Å². The third kappa shape index (κ3) is 2.77. The van der Waals surface area contributed by atoms with E-state index < -0.39 is 11.9 Å². The van der Waals surface area contributed by atoms with Gasteiger partial charge in [-0.15, -0.1) is 0 Å². The largest absolute Gasteiger partial charge is 0.345 e. The van der Waals surface area contributed by atoms with Crippen LogP contribution in [0.4, 0.5) is 0 Å². The van der Waals surface area contributed by atoms with Crippen molar-refractivity contribution in [1.29, 1.82) is 0 Å². The Morgan fingerprint density at radius 2 is 1.57 bits per heavy atom. The number of hydrogen-bond donors (Lipinski definition) is 0. The second-order valence-electron chi connectivity index (χ2n) is 8.28. The van der Waals surface area contributed by atoms with Gasteiger partial charge in [0.15, 0.2) is 6.29 Å². The third-order valence-electron chi connectivity index (χ3n) is 6.12. The number of amides is 2. The lowest BCUT2D eigenvalue weighted by Crippen LogP contribution is -2.51. The quantitative estimate of drug-likeness (QED) is 0.744. The maximum atomic E-state index is 12.9. The molecule has 144 valence electrons. The first-order chi connectivity index (χ1) is 13.6. The van der Waals surface area contributed by atoms with Crippen molar-refractivity contribution in [3.05, 3.63) is 71.3 Å². The van der Waals surface area contributed by atoms with Gasteiger partial charge in [0.1, 0.15) is 0 Å². The molecule has 5 nitrogen and oxygen atoms in total. The van der Waals surface area contributed by atoms with Crippen molar-refractivity contribution in [3.63, 3.8) is 0 Å². The lowest BCUT2D eigenvalue weighted by molar-refractivity contribution is -0.115. The minimum atomic E-state index is -0.460. The summed E-state index contributed by atoms with van der Waals surface area (Å²) < 4.78 is 12.4. The number of fused-ring (bicyclic) bond motifs is 1. The second-order valence-corrected chi connectivity index (χ2v) is 8.28. The molecule has 5 rings (SSSR count). The minimum Gasteiger partial charge on any atom is -0.345 e. The van der Waals surface area contributed by atoms with E-state index in [4.69, 9.17) is 9.47 Å². The molecule has 28 heavy (non-hydrogen) atoms. The lowest BCUT2D eigenvalue weighted by Gasteiger charge is -2.42. The van der Waals surface area contributed by atoms with E-state index in [1.807, 2.05) is 30.3 Å². The molecule has 2 aromatic carbocycles. The number of rotatable bonds is 2. The molecule has 4 atom stereocenters.